The average Bonchev–Trinajstić information content (AvgIpc) is 2.68. The summed E-state index contributed by atoms with van der Waals surface area (Å²) in [5, 5.41) is 1.09. The summed E-state index contributed by atoms with van der Waals surface area (Å²) in [6.45, 7) is 0. The first-order chi connectivity index (χ1) is 12.3. The predicted octanol–water partition coefficient (Wildman–Crippen LogP) is 5.12. The zero-order valence-electron chi connectivity index (χ0n) is 13.4. The van der Waals surface area contributed by atoms with Gasteiger partial charge >= 0.3 is 5.97 Å². The van der Waals surface area contributed by atoms with Gasteiger partial charge in [-0.1, -0.05) is 48.5 Å². The average molecular weight is 325 g/mol. The van der Waals surface area contributed by atoms with Crippen molar-refractivity contribution in [3.63, 3.8) is 0 Å². The third kappa shape index (κ3) is 3.26. The Hall–Kier alpha value is -3.46. The lowest BCUT2D eigenvalue weighted by molar-refractivity contribution is 0.0735. The summed E-state index contributed by atoms with van der Waals surface area (Å²) in [6, 6.07) is 26.5. The molecule has 0 saturated carbocycles. The summed E-state index contributed by atoms with van der Waals surface area (Å²) in [5.41, 5.74) is 3.51. The van der Waals surface area contributed by atoms with Crippen LogP contribution in [0.5, 0.6) is 5.75 Å². The molecule has 1 aromatic heterocycles. The van der Waals surface area contributed by atoms with Crippen LogP contribution in [-0.2, 0) is 0 Å². The number of esters is 1. The third-order valence-corrected chi connectivity index (χ3v) is 4.00. The van der Waals surface area contributed by atoms with Gasteiger partial charge in [-0.3, -0.25) is 4.98 Å². The zero-order valence-corrected chi connectivity index (χ0v) is 13.4. The molecule has 120 valence electrons. The van der Waals surface area contributed by atoms with Crippen LogP contribution in [-0.4, -0.2) is 11.0 Å². The van der Waals surface area contributed by atoms with Gasteiger partial charge in [-0.25, -0.2) is 4.79 Å². The van der Waals surface area contributed by atoms with Gasteiger partial charge in [-0.15, -0.1) is 0 Å². The molecule has 3 heteroatoms. The molecule has 0 amide bonds. The summed E-state index contributed by atoms with van der Waals surface area (Å²) >= 11 is 0. The van der Waals surface area contributed by atoms with Crippen molar-refractivity contribution in [3.8, 4) is 16.9 Å². The van der Waals surface area contributed by atoms with Gasteiger partial charge in [0.25, 0.3) is 0 Å². The first-order valence-electron chi connectivity index (χ1n) is 8.02. The maximum absolute atomic E-state index is 12.2. The Labute approximate surface area is 145 Å². The van der Waals surface area contributed by atoms with E-state index in [1.807, 2.05) is 60.8 Å². The molecule has 0 atom stereocenters. The molecule has 0 N–H and O–H groups in total. The summed E-state index contributed by atoms with van der Waals surface area (Å²) in [4.78, 5) is 16.7. The lowest BCUT2D eigenvalue weighted by Gasteiger charge is -2.06. The number of hydrogen-bond donors (Lipinski definition) is 0. The summed E-state index contributed by atoms with van der Waals surface area (Å²) < 4.78 is 5.35. The Bertz CT molecular complexity index is 1020. The van der Waals surface area contributed by atoms with E-state index in [0.29, 0.717) is 11.3 Å². The van der Waals surface area contributed by atoms with E-state index in [-0.39, 0.29) is 5.97 Å². The second-order valence-electron chi connectivity index (χ2n) is 5.70. The van der Waals surface area contributed by atoms with Crippen molar-refractivity contribution in [1.29, 1.82) is 0 Å². The number of carbonyl (C=O) groups excluding carboxylic acids is 1. The fraction of sp³-hybridized carbons (Fsp3) is 0. The minimum Gasteiger partial charge on any atom is -0.423 e. The molecule has 3 nitrogen and oxygen atoms in total. The van der Waals surface area contributed by atoms with Crippen molar-refractivity contribution in [3.05, 3.63) is 96.7 Å². The van der Waals surface area contributed by atoms with Gasteiger partial charge in [0.2, 0.25) is 0 Å². The number of benzene rings is 3. The Morgan fingerprint density at radius 2 is 1.48 bits per heavy atom. The van der Waals surface area contributed by atoms with Crippen molar-refractivity contribution in [1.82, 2.24) is 4.98 Å². The van der Waals surface area contributed by atoms with Crippen LogP contribution in [0.3, 0.4) is 0 Å². The number of ether oxygens (including phenoxy) is 1. The van der Waals surface area contributed by atoms with Gasteiger partial charge < -0.3 is 4.74 Å². The molecule has 0 aliphatic heterocycles. The molecule has 0 aliphatic carbocycles. The number of pyridine rings is 1. The number of aromatic nitrogens is 1. The molecule has 0 fully saturated rings. The molecule has 4 rings (SSSR count). The molecule has 0 aliphatic rings. The van der Waals surface area contributed by atoms with Crippen LogP contribution in [0, 0.1) is 0 Å². The molecule has 3 aromatic carbocycles. The normalized spacial score (nSPS) is 10.6. The summed E-state index contributed by atoms with van der Waals surface area (Å²) in [6.07, 6.45) is 1.85. The monoisotopic (exact) mass is 325 g/mol. The highest BCUT2D eigenvalue weighted by Crippen LogP contribution is 2.23. The van der Waals surface area contributed by atoms with Gasteiger partial charge in [-0.05, 0) is 42.0 Å². The maximum Gasteiger partial charge on any atom is 0.343 e. The van der Waals surface area contributed by atoms with Crippen molar-refractivity contribution in [2.75, 3.05) is 0 Å². The molecule has 0 unspecified atom stereocenters. The second kappa shape index (κ2) is 6.57. The first-order valence-corrected chi connectivity index (χ1v) is 8.02. The van der Waals surface area contributed by atoms with E-state index in [0.717, 1.165) is 22.0 Å². The molecule has 25 heavy (non-hydrogen) atoms. The topological polar surface area (TPSA) is 39.2 Å². The fourth-order valence-corrected chi connectivity index (χ4v) is 2.68. The van der Waals surface area contributed by atoms with Crippen LogP contribution in [0.15, 0.2) is 91.1 Å². The Balaban J connectivity index is 1.57. The molecule has 0 spiro atoms. The van der Waals surface area contributed by atoms with Gasteiger partial charge in [0.1, 0.15) is 5.75 Å². The van der Waals surface area contributed by atoms with E-state index in [1.54, 1.807) is 24.3 Å². The number of para-hydroxylation sites is 2. The van der Waals surface area contributed by atoms with E-state index >= 15 is 0 Å². The number of rotatable bonds is 3. The Morgan fingerprint density at radius 3 is 2.28 bits per heavy atom. The third-order valence-electron chi connectivity index (χ3n) is 4.00. The van der Waals surface area contributed by atoms with E-state index in [2.05, 4.69) is 11.1 Å². The molecular weight excluding hydrogens is 310 g/mol. The lowest BCUT2D eigenvalue weighted by Crippen LogP contribution is -2.08. The molecular formula is C22H15NO2. The number of hydrogen-bond acceptors (Lipinski definition) is 3. The van der Waals surface area contributed by atoms with Crippen LogP contribution in [0.25, 0.3) is 22.0 Å². The van der Waals surface area contributed by atoms with Gasteiger partial charge in [0.15, 0.2) is 0 Å². The Kier molecular flexibility index (Phi) is 3.97. The highest BCUT2D eigenvalue weighted by molar-refractivity contribution is 5.92. The van der Waals surface area contributed by atoms with Crippen molar-refractivity contribution < 1.29 is 9.53 Å². The lowest BCUT2D eigenvalue weighted by atomic mass is 10.0. The standard InChI is InChI=1S/C22H15NO2/c24-22(25-20-7-2-1-3-8-20)17-12-10-16(11-13-17)19-14-18-6-4-5-9-21(18)23-15-19/h1-15H. The highest BCUT2D eigenvalue weighted by Gasteiger charge is 2.09. The van der Waals surface area contributed by atoms with Crippen LogP contribution in [0.4, 0.5) is 0 Å². The largest absolute Gasteiger partial charge is 0.423 e. The second-order valence-corrected chi connectivity index (χ2v) is 5.70. The van der Waals surface area contributed by atoms with Gasteiger partial charge in [0, 0.05) is 17.1 Å². The molecule has 1 heterocycles. The smallest absolute Gasteiger partial charge is 0.343 e. The zero-order chi connectivity index (χ0) is 17.1. The quantitative estimate of drug-likeness (QED) is 0.387. The van der Waals surface area contributed by atoms with E-state index < -0.39 is 0 Å². The molecule has 4 aromatic rings. The SMILES string of the molecule is O=C(Oc1ccccc1)c1ccc(-c2cnc3ccccc3c2)cc1. The molecule has 0 bridgehead atoms. The fourth-order valence-electron chi connectivity index (χ4n) is 2.68. The van der Waals surface area contributed by atoms with E-state index in [1.165, 1.54) is 0 Å². The molecule has 0 saturated heterocycles. The van der Waals surface area contributed by atoms with Crippen LogP contribution in [0.2, 0.25) is 0 Å². The van der Waals surface area contributed by atoms with Crippen LogP contribution in [0.1, 0.15) is 10.4 Å². The van der Waals surface area contributed by atoms with E-state index in [9.17, 15) is 4.79 Å². The minimum absolute atomic E-state index is 0.366. The van der Waals surface area contributed by atoms with Gasteiger partial charge in [-0.2, -0.15) is 0 Å². The van der Waals surface area contributed by atoms with Crippen molar-refractivity contribution in [2.24, 2.45) is 0 Å². The van der Waals surface area contributed by atoms with E-state index in [4.69, 9.17) is 4.74 Å². The predicted molar refractivity (Wildman–Crippen MR) is 98.6 cm³/mol. The molecule has 0 radical (unpaired) electrons. The maximum atomic E-state index is 12.2. The highest BCUT2D eigenvalue weighted by atomic mass is 16.5. The van der Waals surface area contributed by atoms with Crippen molar-refractivity contribution >= 4 is 16.9 Å². The summed E-state index contributed by atoms with van der Waals surface area (Å²) in [5.74, 6) is 0.171. The number of nitrogens with zero attached hydrogens (tertiary/aromatic N) is 1. The number of carbonyl (C=O) groups is 1. The summed E-state index contributed by atoms with van der Waals surface area (Å²) in [7, 11) is 0. The van der Waals surface area contributed by atoms with Gasteiger partial charge in [0.05, 0.1) is 11.1 Å². The first kappa shape index (κ1) is 15.1. The van der Waals surface area contributed by atoms with Crippen molar-refractivity contribution in [2.45, 2.75) is 0 Å². The van der Waals surface area contributed by atoms with Crippen LogP contribution < -0.4 is 4.74 Å². The number of fused-ring (bicyclic) bond motifs is 1. The minimum atomic E-state index is -0.366. The van der Waals surface area contributed by atoms with Crippen LogP contribution >= 0.6 is 0 Å². The Morgan fingerprint density at radius 1 is 0.760 bits per heavy atom.